The molecule has 1 saturated heterocycles. The Morgan fingerprint density at radius 3 is 2.45 bits per heavy atom. The number of piperazine rings is 1. The number of aliphatic imine (C=N–C) groups is 1. The molecule has 0 spiro atoms. The molecule has 0 unspecified atom stereocenters. The molecule has 1 aromatic rings. The number of guanidine groups is 1. The monoisotopic (exact) mass is 304 g/mol. The maximum absolute atomic E-state index is 13.0. The van der Waals surface area contributed by atoms with Crippen molar-refractivity contribution in [3.05, 3.63) is 30.1 Å². The van der Waals surface area contributed by atoms with Gasteiger partial charge in [0.1, 0.15) is 5.82 Å². The minimum absolute atomic E-state index is 0.190. The van der Waals surface area contributed by atoms with Crippen molar-refractivity contribution in [2.24, 2.45) is 16.6 Å². The van der Waals surface area contributed by atoms with Crippen LogP contribution in [0.5, 0.6) is 0 Å². The first-order valence-corrected chi connectivity index (χ1v) is 8.28. The Hall–Kier alpha value is -1.78. The molecule has 1 heterocycles. The Bertz CT molecular complexity index is 502. The van der Waals surface area contributed by atoms with E-state index < -0.39 is 0 Å². The van der Waals surface area contributed by atoms with E-state index in [4.69, 9.17) is 5.73 Å². The molecule has 2 aliphatic rings. The van der Waals surface area contributed by atoms with E-state index in [1.54, 1.807) is 0 Å². The quantitative estimate of drug-likeness (QED) is 0.516. The van der Waals surface area contributed by atoms with Gasteiger partial charge >= 0.3 is 0 Å². The van der Waals surface area contributed by atoms with Crippen LogP contribution in [0.1, 0.15) is 25.7 Å². The Labute approximate surface area is 131 Å². The van der Waals surface area contributed by atoms with Crippen molar-refractivity contribution >= 4 is 11.6 Å². The maximum Gasteiger partial charge on any atom is 0.191 e. The summed E-state index contributed by atoms with van der Waals surface area (Å²) in [6.07, 6.45) is 5.27. The minimum atomic E-state index is -0.190. The number of anilines is 1. The lowest BCUT2D eigenvalue weighted by molar-refractivity contribution is 0.380. The second-order valence-corrected chi connectivity index (χ2v) is 6.28. The standard InChI is InChI=1S/C17H25FN4/c18-15-5-7-16(8-6-15)21-10-12-22(13-11-21)17(19)20-9-1-2-14-3-4-14/h5-8,14H,1-4,9-13H2,(H2,19,20). The number of nitrogens with zero attached hydrogens (tertiary/aromatic N) is 3. The van der Waals surface area contributed by atoms with Gasteiger partial charge in [0.25, 0.3) is 0 Å². The van der Waals surface area contributed by atoms with Gasteiger partial charge in [-0.15, -0.1) is 0 Å². The third-order valence-corrected chi connectivity index (χ3v) is 4.54. The van der Waals surface area contributed by atoms with Crippen LogP contribution in [0.2, 0.25) is 0 Å². The van der Waals surface area contributed by atoms with Crippen molar-refractivity contribution in [2.45, 2.75) is 25.7 Å². The van der Waals surface area contributed by atoms with Gasteiger partial charge < -0.3 is 15.5 Å². The van der Waals surface area contributed by atoms with E-state index in [-0.39, 0.29) is 5.82 Å². The largest absolute Gasteiger partial charge is 0.370 e. The highest BCUT2D eigenvalue weighted by molar-refractivity contribution is 5.78. The molecule has 0 bridgehead atoms. The zero-order valence-corrected chi connectivity index (χ0v) is 13.0. The molecule has 1 saturated carbocycles. The van der Waals surface area contributed by atoms with Crippen molar-refractivity contribution in [1.29, 1.82) is 0 Å². The first kappa shape index (κ1) is 15.1. The number of nitrogens with two attached hydrogens (primary N) is 1. The fourth-order valence-corrected chi connectivity index (χ4v) is 2.93. The summed E-state index contributed by atoms with van der Waals surface area (Å²) in [6, 6.07) is 6.69. The Morgan fingerprint density at radius 2 is 1.82 bits per heavy atom. The lowest BCUT2D eigenvalue weighted by Crippen LogP contribution is -2.51. The lowest BCUT2D eigenvalue weighted by Gasteiger charge is -2.36. The highest BCUT2D eigenvalue weighted by atomic mass is 19.1. The van der Waals surface area contributed by atoms with E-state index in [1.165, 1.54) is 31.4 Å². The predicted molar refractivity (Wildman–Crippen MR) is 88.6 cm³/mol. The summed E-state index contributed by atoms with van der Waals surface area (Å²) < 4.78 is 13.0. The molecule has 2 N–H and O–H groups in total. The van der Waals surface area contributed by atoms with Crippen LogP contribution in [0.3, 0.4) is 0 Å². The van der Waals surface area contributed by atoms with Gasteiger partial charge in [0.15, 0.2) is 5.96 Å². The van der Waals surface area contributed by atoms with Crippen molar-refractivity contribution < 1.29 is 4.39 Å². The van der Waals surface area contributed by atoms with Gasteiger partial charge in [-0.1, -0.05) is 12.8 Å². The highest BCUT2D eigenvalue weighted by Gasteiger charge is 2.20. The van der Waals surface area contributed by atoms with Crippen LogP contribution in [0.15, 0.2) is 29.3 Å². The molecule has 1 aromatic carbocycles. The molecule has 5 heteroatoms. The summed E-state index contributed by atoms with van der Waals surface area (Å²) >= 11 is 0. The van der Waals surface area contributed by atoms with Crippen molar-refractivity contribution in [3.63, 3.8) is 0 Å². The second-order valence-electron chi connectivity index (χ2n) is 6.28. The molecule has 2 fully saturated rings. The highest BCUT2D eigenvalue weighted by Crippen LogP contribution is 2.33. The molecule has 22 heavy (non-hydrogen) atoms. The third kappa shape index (κ3) is 4.12. The fourth-order valence-electron chi connectivity index (χ4n) is 2.93. The van der Waals surface area contributed by atoms with Gasteiger partial charge in [-0.25, -0.2) is 4.39 Å². The molecule has 0 atom stereocenters. The number of halogens is 1. The first-order valence-electron chi connectivity index (χ1n) is 8.28. The Balaban J connectivity index is 1.43. The van der Waals surface area contributed by atoms with Crippen molar-refractivity contribution in [2.75, 3.05) is 37.6 Å². The topological polar surface area (TPSA) is 44.9 Å². The molecule has 0 aromatic heterocycles. The first-order chi connectivity index (χ1) is 10.7. The van der Waals surface area contributed by atoms with Gasteiger partial charge in [-0.3, -0.25) is 4.99 Å². The third-order valence-electron chi connectivity index (χ3n) is 4.54. The van der Waals surface area contributed by atoms with Gasteiger partial charge in [0.05, 0.1) is 0 Å². The molecular formula is C17H25FN4. The van der Waals surface area contributed by atoms with Crippen molar-refractivity contribution in [3.8, 4) is 0 Å². The maximum atomic E-state index is 13.0. The van der Waals surface area contributed by atoms with Crippen LogP contribution in [0.25, 0.3) is 0 Å². The summed E-state index contributed by atoms with van der Waals surface area (Å²) in [5, 5.41) is 0. The normalized spacial score (nSPS) is 19.6. The lowest BCUT2D eigenvalue weighted by atomic mass is 10.2. The summed E-state index contributed by atoms with van der Waals surface area (Å²) in [5.74, 6) is 1.45. The van der Waals surface area contributed by atoms with Crippen LogP contribution in [-0.4, -0.2) is 43.6 Å². The van der Waals surface area contributed by atoms with Gasteiger partial charge in [-0.05, 0) is 43.0 Å². The molecule has 0 radical (unpaired) electrons. The van der Waals surface area contributed by atoms with E-state index in [0.717, 1.165) is 50.7 Å². The summed E-state index contributed by atoms with van der Waals surface area (Å²) in [6.45, 7) is 4.37. The number of benzene rings is 1. The van der Waals surface area contributed by atoms with Crippen LogP contribution in [0, 0.1) is 11.7 Å². The molecule has 3 rings (SSSR count). The van der Waals surface area contributed by atoms with Crippen LogP contribution >= 0.6 is 0 Å². The van der Waals surface area contributed by atoms with Crippen LogP contribution in [0.4, 0.5) is 10.1 Å². The van der Waals surface area contributed by atoms with Crippen LogP contribution < -0.4 is 10.6 Å². The van der Waals surface area contributed by atoms with Crippen LogP contribution in [-0.2, 0) is 0 Å². The molecule has 4 nitrogen and oxygen atoms in total. The minimum Gasteiger partial charge on any atom is -0.370 e. The Morgan fingerprint density at radius 1 is 1.14 bits per heavy atom. The molecular weight excluding hydrogens is 279 g/mol. The summed E-state index contributed by atoms with van der Waals surface area (Å²) in [5.41, 5.74) is 7.16. The van der Waals surface area contributed by atoms with Crippen molar-refractivity contribution in [1.82, 2.24) is 4.90 Å². The van der Waals surface area contributed by atoms with Gasteiger partial charge in [0, 0.05) is 38.4 Å². The zero-order valence-electron chi connectivity index (χ0n) is 13.0. The predicted octanol–water partition coefficient (Wildman–Crippen LogP) is 2.45. The fraction of sp³-hybridized carbons (Fsp3) is 0.588. The van der Waals surface area contributed by atoms with E-state index in [9.17, 15) is 4.39 Å². The molecule has 1 aliphatic heterocycles. The van der Waals surface area contributed by atoms with E-state index in [1.807, 2.05) is 12.1 Å². The van der Waals surface area contributed by atoms with E-state index in [0.29, 0.717) is 5.96 Å². The molecule has 120 valence electrons. The molecule has 1 aliphatic carbocycles. The average molecular weight is 304 g/mol. The van der Waals surface area contributed by atoms with Gasteiger partial charge in [-0.2, -0.15) is 0 Å². The van der Waals surface area contributed by atoms with Gasteiger partial charge in [0.2, 0.25) is 0 Å². The SMILES string of the molecule is NC(=NCCCC1CC1)N1CCN(c2ccc(F)cc2)CC1. The summed E-state index contributed by atoms with van der Waals surface area (Å²) in [4.78, 5) is 8.92. The van der Waals surface area contributed by atoms with E-state index in [2.05, 4.69) is 14.8 Å². The number of hydrogen-bond acceptors (Lipinski definition) is 2. The second kappa shape index (κ2) is 6.99. The number of rotatable bonds is 5. The van der Waals surface area contributed by atoms with E-state index >= 15 is 0 Å². The summed E-state index contributed by atoms with van der Waals surface area (Å²) in [7, 11) is 0. The number of hydrogen-bond donors (Lipinski definition) is 1. The zero-order chi connectivity index (χ0) is 15.4. The molecule has 0 amide bonds. The Kier molecular flexibility index (Phi) is 4.80. The average Bonchev–Trinajstić information content (AvgIpc) is 3.37. The smallest absolute Gasteiger partial charge is 0.191 e.